The molecule has 0 aromatic heterocycles. The summed E-state index contributed by atoms with van der Waals surface area (Å²) in [5.74, 6) is 0.722. The number of carbonyl (C=O) groups excluding carboxylic acids is 1. The van der Waals surface area contributed by atoms with Crippen molar-refractivity contribution in [3.63, 3.8) is 0 Å². The molecule has 244 valence electrons. The first kappa shape index (κ1) is 38.8. The number of rotatable bonds is 28. The monoisotopic (exact) mass is 611 g/mol. The number of phosphoric ester groups is 1. The maximum Gasteiger partial charge on any atom is 0.267 e. The number of ether oxygens (including phenoxy) is 1. The minimum absolute atomic E-state index is 0.0625. The predicted octanol–water partition coefficient (Wildman–Crippen LogP) is 8.28. The van der Waals surface area contributed by atoms with E-state index in [1.807, 2.05) is 31.2 Å². The second-order valence-electron chi connectivity index (χ2n) is 12.5. The summed E-state index contributed by atoms with van der Waals surface area (Å²) in [6, 6.07) is 7.90. The van der Waals surface area contributed by atoms with Crippen molar-refractivity contribution in [2.24, 2.45) is 5.92 Å². The lowest BCUT2D eigenvalue weighted by molar-refractivity contribution is -0.888. The summed E-state index contributed by atoms with van der Waals surface area (Å²) in [6.07, 6.45) is 16.6. The third-order valence-electron chi connectivity index (χ3n) is 7.99. The minimum Gasteiger partial charge on any atom is -0.756 e. The molecule has 0 radical (unpaired) electrons. The maximum absolute atomic E-state index is 12.4. The van der Waals surface area contributed by atoms with E-state index in [0.29, 0.717) is 25.9 Å². The van der Waals surface area contributed by atoms with E-state index in [1.54, 1.807) is 0 Å². The van der Waals surface area contributed by atoms with Crippen LogP contribution in [-0.2, 0) is 24.8 Å². The Morgan fingerprint density at radius 1 is 0.810 bits per heavy atom. The summed E-state index contributed by atoms with van der Waals surface area (Å²) in [4.78, 5) is 24.8. The molecule has 42 heavy (non-hydrogen) atoms. The Labute approximate surface area is 257 Å². The molecule has 0 bridgehead atoms. The normalized spacial score (nSPS) is 14.0. The number of hydrogen-bond donors (Lipinski definition) is 0. The summed E-state index contributed by atoms with van der Waals surface area (Å²) in [5, 5.41) is 0. The zero-order chi connectivity index (χ0) is 31.1. The first-order valence-electron chi connectivity index (χ1n) is 16.8. The average Bonchev–Trinajstić information content (AvgIpc) is 2.95. The lowest BCUT2D eigenvalue weighted by Gasteiger charge is -2.28. The molecule has 0 amide bonds. The fourth-order valence-corrected chi connectivity index (χ4v) is 5.76. The Hall–Kier alpha value is -1.24. The van der Waals surface area contributed by atoms with Gasteiger partial charge < -0.3 is 23.2 Å². The highest BCUT2D eigenvalue weighted by atomic mass is 31.2. The van der Waals surface area contributed by atoms with E-state index < -0.39 is 7.82 Å². The number of unbranched alkanes of at least 4 members (excludes halogenated alkanes) is 10. The van der Waals surface area contributed by atoms with E-state index in [-0.39, 0.29) is 31.3 Å². The molecule has 0 fully saturated rings. The van der Waals surface area contributed by atoms with Gasteiger partial charge in [-0.15, -0.1) is 0 Å². The van der Waals surface area contributed by atoms with Crippen molar-refractivity contribution >= 4 is 13.6 Å². The van der Waals surface area contributed by atoms with Gasteiger partial charge in [0.2, 0.25) is 0 Å². The summed E-state index contributed by atoms with van der Waals surface area (Å²) < 4.78 is 29.6. The average molecular weight is 612 g/mol. The third-order valence-corrected chi connectivity index (χ3v) is 8.96. The summed E-state index contributed by atoms with van der Waals surface area (Å²) in [7, 11) is -0.113. The van der Waals surface area contributed by atoms with Gasteiger partial charge in [0.1, 0.15) is 11.5 Å². The SMILES string of the molecule is CCCCCCCCCCCCOc1ccc(CC(COP(=O)([O-])OCCCC[N+](C)(C)CC)CC(=O)CCC)cc1. The Balaban J connectivity index is 2.42. The van der Waals surface area contributed by atoms with Crippen LogP contribution < -0.4 is 9.63 Å². The number of phosphoric acid groups is 1. The summed E-state index contributed by atoms with van der Waals surface area (Å²) in [5.41, 5.74) is 1.03. The molecule has 2 atom stereocenters. The second-order valence-corrected chi connectivity index (χ2v) is 13.9. The molecular formula is C34H62NO6P. The minimum atomic E-state index is -4.42. The van der Waals surface area contributed by atoms with Crippen molar-refractivity contribution in [3.05, 3.63) is 29.8 Å². The zero-order valence-corrected chi connectivity index (χ0v) is 28.5. The molecular weight excluding hydrogens is 549 g/mol. The largest absolute Gasteiger partial charge is 0.756 e. The number of ketones is 1. The van der Waals surface area contributed by atoms with Gasteiger partial charge in [-0.3, -0.25) is 9.36 Å². The first-order valence-corrected chi connectivity index (χ1v) is 18.2. The zero-order valence-electron chi connectivity index (χ0n) is 27.6. The lowest BCUT2D eigenvalue weighted by atomic mass is 9.94. The molecule has 7 nitrogen and oxygen atoms in total. The van der Waals surface area contributed by atoms with Crippen LogP contribution in [-0.4, -0.2) is 57.3 Å². The lowest BCUT2D eigenvalue weighted by Crippen LogP contribution is -2.40. The summed E-state index contributed by atoms with van der Waals surface area (Å²) >= 11 is 0. The number of quaternary nitrogens is 1. The number of carbonyl (C=O) groups is 1. The van der Waals surface area contributed by atoms with Crippen LogP contribution in [0.2, 0.25) is 0 Å². The molecule has 2 unspecified atom stereocenters. The molecule has 0 aliphatic heterocycles. The standard InChI is InChI=1S/C34H62NO6P/c1-6-9-10-11-12-13-14-15-16-18-26-39-34-23-21-31(22-24-34)28-32(29-33(36)20-7-2)30-41-42(37,38)40-27-19-17-25-35(4,5)8-3/h21-24,32H,6-20,25-30H2,1-5H3. The Bertz CT molecular complexity index is 860. The van der Waals surface area contributed by atoms with Gasteiger partial charge in [-0.05, 0) is 62.6 Å². The van der Waals surface area contributed by atoms with E-state index in [4.69, 9.17) is 13.8 Å². The molecule has 1 aromatic carbocycles. The molecule has 0 spiro atoms. The van der Waals surface area contributed by atoms with Crippen LogP contribution in [0.15, 0.2) is 24.3 Å². The molecule has 0 aliphatic carbocycles. The number of Topliss-reactive ketones (excluding diaryl/α,β-unsaturated/α-hetero) is 1. The Kier molecular flexibility index (Phi) is 21.4. The molecule has 0 saturated heterocycles. The van der Waals surface area contributed by atoms with Gasteiger partial charge in [-0.25, -0.2) is 0 Å². The van der Waals surface area contributed by atoms with Gasteiger partial charge in [-0.2, -0.15) is 0 Å². The van der Waals surface area contributed by atoms with E-state index in [9.17, 15) is 14.3 Å². The van der Waals surface area contributed by atoms with Crippen LogP contribution in [0.3, 0.4) is 0 Å². The van der Waals surface area contributed by atoms with E-state index in [2.05, 4.69) is 27.9 Å². The first-order chi connectivity index (χ1) is 20.1. The molecule has 0 saturated carbocycles. The fourth-order valence-electron chi connectivity index (χ4n) is 4.94. The molecule has 1 rings (SSSR count). The van der Waals surface area contributed by atoms with Crippen LogP contribution in [0.4, 0.5) is 0 Å². The number of hydrogen-bond acceptors (Lipinski definition) is 6. The highest BCUT2D eigenvalue weighted by Crippen LogP contribution is 2.39. The van der Waals surface area contributed by atoms with Gasteiger partial charge in [0.15, 0.2) is 0 Å². The fraction of sp³-hybridized carbons (Fsp3) is 0.794. The molecule has 1 aromatic rings. The Morgan fingerprint density at radius 3 is 2.00 bits per heavy atom. The van der Waals surface area contributed by atoms with Gasteiger partial charge in [0, 0.05) is 12.8 Å². The summed E-state index contributed by atoms with van der Waals surface area (Å²) in [6.45, 7) is 9.12. The quantitative estimate of drug-likeness (QED) is 0.0539. The van der Waals surface area contributed by atoms with Gasteiger partial charge in [0.25, 0.3) is 7.82 Å². The molecule has 0 N–H and O–H groups in total. The van der Waals surface area contributed by atoms with Crippen molar-refractivity contribution in [2.45, 2.75) is 124 Å². The van der Waals surface area contributed by atoms with E-state index in [1.165, 1.54) is 57.8 Å². The smallest absolute Gasteiger partial charge is 0.267 e. The highest BCUT2D eigenvalue weighted by molar-refractivity contribution is 7.45. The van der Waals surface area contributed by atoms with Crippen molar-refractivity contribution in [3.8, 4) is 5.75 Å². The predicted molar refractivity (Wildman–Crippen MR) is 172 cm³/mol. The van der Waals surface area contributed by atoms with Crippen LogP contribution in [0.25, 0.3) is 0 Å². The molecule has 0 aliphatic rings. The van der Waals surface area contributed by atoms with Gasteiger partial charge in [-0.1, -0.05) is 83.8 Å². The van der Waals surface area contributed by atoms with E-state index >= 15 is 0 Å². The number of benzene rings is 1. The second kappa shape index (κ2) is 23.2. The highest BCUT2D eigenvalue weighted by Gasteiger charge is 2.19. The molecule has 8 heteroatoms. The van der Waals surface area contributed by atoms with Crippen molar-refractivity contribution in [1.29, 1.82) is 0 Å². The van der Waals surface area contributed by atoms with Crippen molar-refractivity contribution in [1.82, 2.24) is 0 Å². The van der Waals surface area contributed by atoms with Crippen LogP contribution in [0.1, 0.15) is 123 Å². The molecule has 0 heterocycles. The van der Waals surface area contributed by atoms with Gasteiger partial charge in [0.05, 0.1) is 47.0 Å². The third kappa shape index (κ3) is 20.6. The van der Waals surface area contributed by atoms with Crippen molar-refractivity contribution < 1.29 is 32.5 Å². The van der Waals surface area contributed by atoms with Crippen molar-refractivity contribution in [2.75, 3.05) is 47.0 Å². The van der Waals surface area contributed by atoms with Gasteiger partial charge >= 0.3 is 0 Å². The van der Waals surface area contributed by atoms with Crippen LogP contribution in [0.5, 0.6) is 5.75 Å². The number of nitrogens with zero attached hydrogens (tertiary/aromatic N) is 1. The van der Waals surface area contributed by atoms with Crippen LogP contribution in [0, 0.1) is 5.92 Å². The van der Waals surface area contributed by atoms with Crippen LogP contribution >= 0.6 is 7.82 Å². The maximum atomic E-state index is 12.4. The topological polar surface area (TPSA) is 84.9 Å². The Morgan fingerprint density at radius 2 is 1.40 bits per heavy atom. The van der Waals surface area contributed by atoms with E-state index in [0.717, 1.165) is 48.1 Å².